The van der Waals surface area contributed by atoms with Crippen LogP contribution in [0.3, 0.4) is 0 Å². The van der Waals surface area contributed by atoms with Crippen molar-refractivity contribution >= 4 is 58.5 Å². The third kappa shape index (κ3) is 6.46. The molecule has 1 unspecified atom stereocenters. The molecular weight excluding hydrogens is 577 g/mol. The van der Waals surface area contributed by atoms with Gasteiger partial charge in [0, 0.05) is 47.7 Å². The van der Waals surface area contributed by atoms with Crippen LogP contribution < -0.4 is 15.3 Å². The Hall–Kier alpha value is -3.30. The van der Waals surface area contributed by atoms with Crippen LogP contribution in [0.25, 0.3) is 10.4 Å². The molecule has 2 aromatic carbocycles. The van der Waals surface area contributed by atoms with Gasteiger partial charge in [0.2, 0.25) is 0 Å². The van der Waals surface area contributed by atoms with Crippen molar-refractivity contribution in [3.63, 3.8) is 0 Å². The number of aromatic nitrogens is 1. The first-order valence-electron chi connectivity index (χ1n) is 13.3. The zero-order valence-electron chi connectivity index (χ0n) is 23.1. The lowest BCUT2D eigenvalue weighted by atomic mass is 10.0. The zero-order chi connectivity index (χ0) is 29.1. The number of carbonyl (C=O) groups is 2. The molecule has 2 N–H and O–H groups in total. The monoisotopic (exact) mass is 609 g/mol. The highest BCUT2D eigenvalue weighted by molar-refractivity contribution is 7.72. The van der Waals surface area contributed by atoms with E-state index < -0.39 is 13.3 Å². The van der Waals surface area contributed by atoms with Crippen LogP contribution in [0, 0.1) is 19.8 Å². The number of rotatable bonds is 9. The number of benzene rings is 2. The number of hydrogen-bond acceptors (Lipinski definition) is 7. The van der Waals surface area contributed by atoms with Crippen LogP contribution in [-0.4, -0.2) is 48.4 Å². The molecule has 1 fully saturated rings. The van der Waals surface area contributed by atoms with Gasteiger partial charge in [-0.2, -0.15) is 0 Å². The normalized spacial score (nSPS) is 15.3. The predicted octanol–water partition coefficient (Wildman–Crippen LogP) is 6.91. The van der Waals surface area contributed by atoms with E-state index in [-0.39, 0.29) is 16.7 Å². The lowest BCUT2D eigenvalue weighted by Gasteiger charge is -2.36. The van der Waals surface area contributed by atoms with Crippen LogP contribution in [0.2, 0.25) is 0 Å². The first kappa shape index (κ1) is 29.2. The summed E-state index contributed by atoms with van der Waals surface area (Å²) < 4.78 is 22.2. The number of carbonyl (C=O) groups excluding carboxylic acids is 1. The number of nitrogens with one attached hydrogen (secondary N) is 1. The van der Waals surface area contributed by atoms with E-state index in [9.17, 15) is 19.3 Å². The number of carboxylic acid groups (broad SMARTS) is 1. The SMILES string of the molecule is Cc1ccc(P(C)(=O)N(CC2CCOCC2)c2cc(-c3ccc(NC(=O)c4cscn4)cc3)sc2C(=O)O)c(C)c1. The second kappa shape index (κ2) is 12.3. The number of nitrogens with zero attached hydrogens (tertiary/aromatic N) is 2. The molecule has 1 aliphatic rings. The van der Waals surface area contributed by atoms with Crippen molar-refractivity contribution in [3.8, 4) is 10.4 Å². The first-order valence-corrected chi connectivity index (χ1v) is 17.2. The van der Waals surface area contributed by atoms with E-state index >= 15 is 0 Å². The van der Waals surface area contributed by atoms with Crippen molar-refractivity contribution in [2.24, 2.45) is 5.92 Å². The van der Waals surface area contributed by atoms with Crippen molar-refractivity contribution in [3.05, 3.63) is 81.1 Å². The van der Waals surface area contributed by atoms with Crippen LogP contribution in [0.4, 0.5) is 11.4 Å². The molecule has 0 spiro atoms. The number of aryl methyl sites for hydroxylation is 2. The van der Waals surface area contributed by atoms with Crippen LogP contribution in [0.5, 0.6) is 0 Å². The van der Waals surface area contributed by atoms with Gasteiger partial charge in [-0.3, -0.25) is 9.36 Å². The first-order chi connectivity index (χ1) is 19.6. The maximum Gasteiger partial charge on any atom is 0.348 e. The van der Waals surface area contributed by atoms with Crippen LogP contribution in [0.1, 0.15) is 44.1 Å². The number of carboxylic acids is 1. The smallest absolute Gasteiger partial charge is 0.348 e. The molecule has 3 heterocycles. The number of aromatic carboxylic acids is 1. The third-order valence-corrected chi connectivity index (χ3v) is 11.8. The lowest BCUT2D eigenvalue weighted by Crippen LogP contribution is -2.34. The molecule has 0 radical (unpaired) electrons. The fourth-order valence-electron chi connectivity index (χ4n) is 5.14. The highest BCUT2D eigenvalue weighted by Crippen LogP contribution is 2.52. The van der Waals surface area contributed by atoms with Gasteiger partial charge in [-0.25, -0.2) is 9.78 Å². The van der Waals surface area contributed by atoms with Gasteiger partial charge in [-0.1, -0.05) is 29.8 Å². The van der Waals surface area contributed by atoms with Gasteiger partial charge >= 0.3 is 5.97 Å². The molecular formula is C30H32N3O5PS2. The van der Waals surface area contributed by atoms with Gasteiger partial charge in [0.25, 0.3) is 5.91 Å². The quantitative estimate of drug-likeness (QED) is 0.199. The molecule has 11 heteroatoms. The van der Waals surface area contributed by atoms with Gasteiger partial charge in [-0.15, -0.1) is 22.7 Å². The van der Waals surface area contributed by atoms with Gasteiger partial charge < -0.3 is 19.8 Å². The molecule has 8 nitrogen and oxygen atoms in total. The van der Waals surface area contributed by atoms with Crippen molar-refractivity contribution in [1.82, 2.24) is 4.98 Å². The molecule has 1 saturated heterocycles. The van der Waals surface area contributed by atoms with Crippen molar-refractivity contribution in [2.45, 2.75) is 26.7 Å². The minimum absolute atomic E-state index is 0.153. The Labute approximate surface area is 247 Å². The maximum atomic E-state index is 14.7. The van der Waals surface area contributed by atoms with Gasteiger partial charge in [0.05, 0.1) is 11.2 Å². The van der Waals surface area contributed by atoms with E-state index in [0.717, 1.165) is 51.1 Å². The molecule has 214 valence electrons. The molecule has 41 heavy (non-hydrogen) atoms. The lowest BCUT2D eigenvalue weighted by molar-refractivity contribution is 0.0685. The summed E-state index contributed by atoms with van der Waals surface area (Å²) in [4.78, 5) is 29.9. The molecule has 1 aliphatic heterocycles. The molecule has 5 rings (SSSR count). The van der Waals surface area contributed by atoms with Crippen molar-refractivity contribution in [2.75, 3.05) is 36.4 Å². The number of thiazole rings is 1. The summed E-state index contributed by atoms with van der Waals surface area (Å²) in [5.74, 6) is -1.12. The van der Waals surface area contributed by atoms with E-state index in [4.69, 9.17) is 4.74 Å². The Morgan fingerprint density at radius 1 is 1.12 bits per heavy atom. The van der Waals surface area contributed by atoms with Crippen molar-refractivity contribution < 1.29 is 24.0 Å². The van der Waals surface area contributed by atoms with Crippen LogP contribution in [-0.2, 0) is 9.30 Å². The topological polar surface area (TPSA) is 109 Å². The second-order valence-electron chi connectivity index (χ2n) is 10.3. The molecule has 1 atom stereocenters. The predicted molar refractivity (Wildman–Crippen MR) is 167 cm³/mol. The van der Waals surface area contributed by atoms with E-state index in [0.29, 0.717) is 36.8 Å². The van der Waals surface area contributed by atoms with Crippen LogP contribution in [0.15, 0.2) is 59.4 Å². The third-order valence-electron chi connectivity index (χ3n) is 7.31. The van der Waals surface area contributed by atoms with Gasteiger partial charge in [-0.05, 0) is 68.0 Å². The Bertz CT molecular complexity index is 1590. The van der Waals surface area contributed by atoms with Crippen molar-refractivity contribution in [1.29, 1.82) is 0 Å². The molecule has 0 bridgehead atoms. The number of anilines is 2. The average Bonchev–Trinajstić information content (AvgIpc) is 3.64. The summed E-state index contributed by atoms with van der Waals surface area (Å²) in [5.41, 5.74) is 5.84. The largest absolute Gasteiger partial charge is 0.477 e. The molecule has 0 aliphatic carbocycles. The average molecular weight is 610 g/mol. The summed E-state index contributed by atoms with van der Waals surface area (Å²) in [6.45, 7) is 7.46. The standard InChI is InChI=1S/C30H32N3O5PS2/c1-19-4-9-26(20(2)14-19)39(3,37)33(16-21-10-12-38-13-11-21)25-15-27(41-28(25)30(35)36)22-5-7-23(8-6-22)32-29(34)24-17-40-18-31-24/h4-9,14-15,17-18,21H,10-13,16H2,1-3H3,(H,32,34)(H,35,36). The van der Waals surface area contributed by atoms with Gasteiger partial charge in [0.15, 0.2) is 7.29 Å². The highest BCUT2D eigenvalue weighted by atomic mass is 32.1. The minimum Gasteiger partial charge on any atom is -0.477 e. The molecule has 4 aromatic rings. The fourth-order valence-corrected chi connectivity index (χ4v) is 9.19. The number of amides is 1. The zero-order valence-corrected chi connectivity index (χ0v) is 25.7. The Balaban J connectivity index is 1.51. The Morgan fingerprint density at radius 2 is 1.85 bits per heavy atom. The number of thiophene rings is 1. The molecule has 2 aromatic heterocycles. The second-order valence-corrected chi connectivity index (χ2v) is 14.8. The maximum absolute atomic E-state index is 14.7. The van der Waals surface area contributed by atoms with Crippen LogP contribution >= 0.6 is 30.0 Å². The number of hydrogen-bond donors (Lipinski definition) is 2. The molecule has 0 saturated carbocycles. The highest BCUT2D eigenvalue weighted by Gasteiger charge is 2.35. The Morgan fingerprint density at radius 3 is 2.49 bits per heavy atom. The van der Waals surface area contributed by atoms with E-state index in [1.165, 1.54) is 11.3 Å². The van der Waals surface area contributed by atoms with E-state index in [1.54, 1.807) is 29.7 Å². The summed E-state index contributed by atoms with van der Waals surface area (Å²) in [7, 11) is -3.21. The summed E-state index contributed by atoms with van der Waals surface area (Å²) in [6.07, 6.45) is 1.66. The summed E-state index contributed by atoms with van der Waals surface area (Å²) >= 11 is 2.51. The minimum atomic E-state index is -3.21. The Kier molecular flexibility index (Phi) is 8.75. The number of ether oxygens (including phenoxy) is 1. The van der Waals surface area contributed by atoms with Gasteiger partial charge in [0.1, 0.15) is 10.6 Å². The van der Waals surface area contributed by atoms with E-state index in [2.05, 4.69) is 10.3 Å². The summed E-state index contributed by atoms with van der Waals surface area (Å²) in [6, 6.07) is 15.0. The molecule has 1 amide bonds. The summed E-state index contributed by atoms with van der Waals surface area (Å²) in [5, 5.41) is 15.5. The van der Waals surface area contributed by atoms with E-state index in [1.807, 2.05) is 54.9 Å². The fraction of sp³-hybridized carbons (Fsp3) is 0.300.